The lowest BCUT2D eigenvalue weighted by Gasteiger charge is -2.23. The maximum atomic E-state index is 9.93. The lowest BCUT2D eigenvalue weighted by molar-refractivity contribution is 0.270. The van der Waals surface area contributed by atoms with Gasteiger partial charge in [-0.25, -0.2) is 0 Å². The fourth-order valence-electron chi connectivity index (χ4n) is 3.70. The molecule has 0 saturated heterocycles. The molecule has 0 amide bonds. The van der Waals surface area contributed by atoms with Crippen LogP contribution < -0.4 is 16.0 Å². The van der Waals surface area contributed by atoms with Gasteiger partial charge >= 0.3 is 0 Å². The lowest BCUT2D eigenvalue weighted by Crippen LogP contribution is -2.40. The fourth-order valence-corrected chi connectivity index (χ4v) is 3.70. The predicted octanol–water partition coefficient (Wildman–Crippen LogP) is 2.77. The second-order valence-electron chi connectivity index (χ2n) is 8.26. The van der Waals surface area contributed by atoms with Crippen molar-refractivity contribution in [2.45, 2.75) is 19.6 Å². The summed E-state index contributed by atoms with van der Waals surface area (Å²) in [4.78, 5) is 2.37. The van der Waals surface area contributed by atoms with Crippen molar-refractivity contribution in [3.05, 3.63) is 89.5 Å². The second-order valence-corrected chi connectivity index (χ2v) is 8.26. The minimum atomic E-state index is 0.314. The largest absolute Gasteiger partial charge is 0.508 e. The van der Waals surface area contributed by atoms with Crippen LogP contribution in [0.2, 0.25) is 0 Å². The molecule has 0 fully saturated rings. The highest BCUT2D eigenvalue weighted by atomic mass is 16.3. The van der Waals surface area contributed by atoms with Crippen LogP contribution in [0.1, 0.15) is 16.7 Å². The van der Waals surface area contributed by atoms with E-state index in [1.165, 1.54) is 0 Å². The van der Waals surface area contributed by atoms with Gasteiger partial charge in [0, 0.05) is 75.6 Å². The average molecular weight is 465 g/mol. The molecule has 34 heavy (non-hydrogen) atoms. The minimum absolute atomic E-state index is 0.314. The van der Waals surface area contributed by atoms with Crippen molar-refractivity contribution in [3.8, 4) is 17.2 Å². The number of nitrogens with one attached hydrogen (secondary N) is 3. The zero-order chi connectivity index (χ0) is 24.0. The monoisotopic (exact) mass is 464 g/mol. The molecule has 0 atom stereocenters. The predicted molar refractivity (Wildman–Crippen MR) is 136 cm³/mol. The molecule has 0 aliphatic carbocycles. The van der Waals surface area contributed by atoms with Crippen molar-refractivity contribution in [1.29, 1.82) is 0 Å². The Hall–Kier alpha value is -3.10. The van der Waals surface area contributed by atoms with Gasteiger partial charge in [-0.1, -0.05) is 54.6 Å². The molecule has 0 aromatic heterocycles. The Kier molecular flexibility index (Phi) is 10.7. The van der Waals surface area contributed by atoms with E-state index in [2.05, 4.69) is 20.9 Å². The molecule has 0 unspecified atom stereocenters. The first-order valence-electron chi connectivity index (χ1n) is 11.8. The number of phenolic OH excluding ortho intramolecular Hbond substituents is 3. The highest BCUT2D eigenvalue weighted by molar-refractivity contribution is 5.32. The molecule has 0 aliphatic heterocycles. The van der Waals surface area contributed by atoms with E-state index in [1.54, 1.807) is 18.2 Å². The van der Waals surface area contributed by atoms with Crippen LogP contribution in [0.25, 0.3) is 0 Å². The molecule has 0 heterocycles. The summed E-state index contributed by atoms with van der Waals surface area (Å²) in [5, 5.41) is 40.0. The van der Waals surface area contributed by atoms with Gasteiger partial charge in [0.05, 0.1) is 0 Å². The first kappa shape index (κ1) is 25.5. The van der Waals surface area contributed by atoms with Crippen LogP contribution in [-0.4, -0.2) is 59.5 Å². The number of rotatable bonds is 15. The Morgan fingerprint density at radius 3 is 1.06 bits per heavy atom. The quantitative estimate of drug-likeness (QED) is 0.192. The molecule has 3 aromatic rings. The van der Waals surface area contributed by atoms with Crippen LogP contribution in [0.15, 0.2) is 72.8 Å². The zero-order valence-corrected chi connectivity index (χ0v) is 19.6. The van der Waals surface area contributed by atoms with Gasteiger partial charge in [-0.15, -0.1) is 0 Å². The van der Waals surface area contributed by atoms with Gasteiger partial charge in [0.25, 0.3) is 0 Å². The molecule has 0 aliphatic rings. The van der Waals surface area contributed by atoms with Crippen molar-refractivity contribution < 1.29 is 15.3 Å². The Morgan fingerprint density at radius 1 is 0.471 bits per heavy atom. The number of benzene rings is 3. The summed E-state index contributed by atoms with van der Waals surface area (Å²) in [6.45, 7) is 6.86. The summed E-state index contributed by atoms with van der Waals surface area (Å²) in [7, 11) is 0. The molecular weight excluding hydrogens is 428 g/mol. The molecule has 0 bridgehead atoms. The maximum absolute atomic E-state index is 9.93. The number of para-hydroxylation sites is 3. The van der Waals surface area contributed by atoms with E-state index in [9.17, 15) is 15.3 Å². The minimum Gasteiger partial charge on any atom is -0.508 e. The Balaban J connectivity index is 1.42. The number of phenols is 3. The normalized spacial score (nSPS) is 11.2. The van der Waals surface area contributed by atoms with E-state index in [0.29, 0.717) is 36.9 Å². The SMILES string of the molecule is Oc1ccccc1CNCCN(CCNCc1ccccc1O)CCNCc1ccccc1O. The standard InChI is InChI=1S/C27H36N4O3/c32-25-10-4-1-7-22(25)19-28-13-16-31(17-14-29-20-23-8-2-5-11-26(23)33)18-15-30-21-24-9-3-6-12-27(24)34/h1-12,28-30,32-34H,13-21H2. The molecule has 3 rings (SSSR count). The van der Waals surface area contributed by atoms with Crippen molar-refractivity contribution in [1.82, 2.24) is 20.9 Å². The number of aromatic hydroxyl groups is 3. The molecule has 6 N–H and O–H groups in total. The van der Waals surface area contributed by atoms with Gasteiger partial charge in [0.15, 0.2) is 0 Å². The van der Waals surface area contributed by atoms with Crippen LogP contribution in [0.4, 0.5) is 0 Å². The third-order valence-electron chi connectivity index (χ3n) is 5.74. The van der Waals surface area contributed by atoms with Gasteiger partial charge in [0.2, 0.25) is 0 Å². The molecule has 3 aromatic carbocycles. The van der Waals surface area contributed by atoms with E-state index in [1.807, 2.05) is 54.6 Å². The van der Waals surface area contributed by atoms with E-state index >= 15 is 0 Å². The van der Waals surface area contributed by atoms with Crippen LogP contribution >= 0.6 is 0 Å². The maximum Gasteiger partial charge on any atom is 0.120 e. The second kappa shape index (κ2) is 14.2. The number of nitrogens with zero attached hydrogens (tertiary/aromatic N) is 1. The van der Waals surface area contributed by atoms with Crippen molar-refractivity contribution >= 4 is 0 Å². The molecular formula is C27H36N4O3. The lowest BCUT2D eigenvalue weighted by atomic mass is 10.2. The van der Waals surface area contributed by atoms with Gasteiger partial charge in [-0.3, -0.25) is 4.90 Å². The average Bonchev–Trinajstić information content (AvgIpc) is 2.84. The topological polar surface area (TPSA) is 100 Å². The van der Waals surface area contributed by atoms with Gasteiger partial charge < -0.3 is 31.3 Å². The summed E-state index contributed by atoms with van der Waals surface area (Å²) in [6.07, 6.45) is 0. The number of hydrogen-bond acceptors (Lipinski definition) is 7. The molecule has 7 nitrogen and oxygen atoms in total. The summed E-state index contributed by atoms with van der Waals surface area (Å²) in [5.41, 5.74) is 2.67. The molecule has 0 spiro atoms. The Labute approximate surface area is 202 Å². The Morgan fingerprint density at radius 2 is 0.765 bits per heavy atom. The number of hydrogen-bond donors (Lipinski definition) is 6. The smallest absolute Gasteiger partial charge is 0.120 e. The summed E-state index contributed by atoms with van der Waals surface area (Å²) >= 11 is 0. The van der Waals surface area contributed by atoms with Crippen molar-refractivity contribution in [2.75, 3.05) is 39.3 Å². The highest BCUT2D eigenvalue weighted by Crippen LogP contribution is 2.16. The third-order valence-corrected chi connectivity index (χ3v) is 5.74. The van der Waals surface area contributed by atoms with Gasteiger partial charge in [0.1, 0.15) is 17.2 Å². The molecule has 7 heteroatoms. The molecule has 0 radical (unpaired) electrons. The van der Waals surface area contributed by atoms with Crippen LogP contribution in [0.5, 0.6) is 17.2 Å². The van der Waals surface area contributed by atoms with E-state index in [-0.39, 0.29) is 0 Å². The summed E-state index contributed by atoms with van der Waals surface area (Å²) in [5.74, 6) is 0.941. The molecule has 182 valence electrons. The van der Waals surface area contributed by atoms with Gasteiger partial charge in [-0.05, 0) is 18.2 Å². The van der Waals surface area contributed by atoms with Crippen LogP contribution in [0, 0.1) is 0 Å². The highest BCUT2D eigenvalue weighted by Gasteiger charge is 2.07. The van der Waals surface area contributed by atoms with E-state index < -0.39 is 0 Å². The first-order chi connectivity index (χ1) is 16.6. The summed E-state index contributed by atoms with van der Waals surface area (Å²) < 4.78 is 0. The van der Waals surface area contributed by atoms with Crippen LogP contribution in [-0.2, 0) is 19.6 Å². The third kappa shape index (κ3) is 8.68. The Bertz CT molecular complexity index is 872. The van der Waals surface area contributed by atoms with E-state index in [4.69, 9.17) is 0 Å². The fraction of sp³-hybridized carbons (Fsp3) is 0.333. The van der Waals surface area contributed by atoms with E-state index in [0.717, 1.165) is 56.0 Å². The zero-order valence-electron chi connectivity index (χ0n) is 19.6. The van der Waals surface area contributed by atoms with Gasteiger partial charge in [-0.2, -0.15) is 0 Å². The van der Waals surface area contributed by atoms with Crippen molar-refractivity contribution in [3.63, 3.8) is 0 Å². The first-order valence-corrected chi connectivity index (χ1v) is 11.8. The van der Waals surface area contributed by atoms with Crippen LogP contribution in [0.3, 0.4) is 0 Å². The molecule has 0 saturated carbocycles. The van der Waals surface area contributed by atoms with Crippen molar-refractivity contribution in [2.24, 2.45) is 0 Å². The summed E-state index contributed by atoms with van der Waals surface area (Å²) in [6, 6.07) is 22.1.